The first-order chi connectivity index (χ1) is 7.97. The Labute approximate surface area is 108 Å². The summed E-state index contributed by atoms with van der Waals surface area (Å²) >= 11 is 11.3. The van der Waals surface area contributed by atoms with Gasteiger partial charge in [0, 0.05) is 16.5 Å². The quantitative estimate of drug-likeness (QED) is 0.721. The van der Waals surface area contributed by atoms with Gasteiger partial charge in [-0.2, -0.15) is 0 Å². The molecule has 0 fully saturated rings. The number of benzene rings is 1. The number of hydrogen-bond donors (Lipinski definition) is 3. The van der Waals surface area contributed by atoms with Gasteiger partial charge in [0.1, 0.15) is 6.10 Å². The fourth-order valence-corrected chi connectivity index (χ4v) is 1.83. The molecule has 0 radical (unpaired) electrons. The first kappa shape index (κ1) is 14.3. The van der Waals surface area contributed by atoms with Crippen LogP contribution in [0.4, 0.5) is 0 Å². The summed E-state index contributed by atoms with van der Waals surface area (Å²) in [6.07, 6.45) is -2.13. The molecule has 0 bridgehead atoms. The van der Waals surface area contributed by atoms with E-state index < -0.39 is 18.2 Å². The molecule has 17 heavy (non-hydrogen) atoms. The number of alkyl halides is 1. The second kappa shape index (κ2) is 6.21. The first-order valence-electron chi connectivity index (χ1n) is 4.92. The molecule has 2 atom stereocenters. The lowest BCUT2D eigenvalue weighted by Gasteiger charge is -2.18. The van der Waals surface area contributed by atoms with Crippen LogP contribution in [-0.2, 0) is 0 Å². The zero-order valence-corrected chi connectivity index (χ0v) is 10.3. The number of aromatic carboxylic acids is 1. The smallest absolute Gasteiger partial charge is 0.335 e. The van der Waals surface area contributed by atoms with E-state index in [-0.39, 0.29) is 28.5 Å². The highest BCUT2D eigenvalue weighted by Gasteiger charge is 2.21. The van der Waals surface area contributed by atoms with Gasteiger partial charge in [-0.05, 0) is 24.6 Å². The predicted octanol–water partition coefficient (Wildman–Crippen LogP) is 2.06. The number of halogens is 2. The molecular weight excluding hydrogens is 267 g/mol. The second-order valence-corrected chi connectivity index (χ2v) is 4.32. The maximum Gasteiger partial charge on any atom is 0.335 e. The Bertz CT molecular complexity index is 408. The van der Waals surface area contributed by atoms with Gasteiger partial charge in [-0.3, -0.25) is 0 Å². The van der Waals surface area contributed by atoms with Gasteiger partial charge in [0.15, 0.2) is 0 Å². The molecule has 0 heterocycles. The number of carbonyl (C=O) groups is 1. The Kier molecular flexibility index (Phi) is 5.21. The maximum absolute atomic E-state index is 10.8. The molecule has 4 nitrogen and oxygen atoms in total. The van der Waals surface area contributed by atoms with Crippen LogP contribution in [0.1, 0.15) is 28.4 Å². The number of hydrogen-bond acceptors (Lipinski definition) is 3. The minimum atomic E-state index is -1.25. The van der Waals surface area contributed by atoms with E-state index in [9.17, 15) is 15.0 Å². The van der Waals surface area contributed by atoms with Crippen molar-refractivity contribution in [1.29, 1.82) is 0 Å². The third-order valence-electron chi connectivity index (χ3n) is 2.33. The lowest BCUT2D eigenvalue weighted by molar-refractivity contribution is 0.0170. The van der Waals surface area contributed by atoms with Crippen LogP contribution in [-0.4, -0.2) is 33.3 Å². The Morgan fingerprint density at radius 3 is 2.53 bits per heavy atom. The number of carboxylic acids is 1. The van der Waals surface area contributed by atoms with Crippen LogP contribution in [0.2, 0.25) is 5.02 Å². The predicted molar refractivity (Wildman–Crippen MR) is 64.7 cm³/mol. The van der Waals surface area contributed by atoms with Crippen LogP contribution in [0.5, 0.6) is 0 Å². The first-order valence-corrected chi connectivity index (χ1v) is 5.83. The molecule has 0 aromatic heterocycles. The van der Waals surface area contributed by atoms with Gasteiger partial charge in [0.05, 0.1) is 11.7 Å². The van der Waals surface area contributed by atoms with Crippen molar-refractivity contribution in [1.82, 2.24) is 0 Å². The average Bonchev–Trinajstić information content (AvgIpc) is 2.28. The normalized spacial score (nSPS) is 14.4. The van der Waals surface area contributed by atoms with E-state index >= 15 is 0 Å². The maximum atomic E-state index is 10.8. The van der Waals surface area contributed by atoms with E-state index in [2.05, 4.69) is 0 Å². The van der Waals surface area contributed by atoms with Crippen molar-refractivity contribution < 1.29 is 20.1 Å². The molecule has 3 N–H and O–H groups in total. The number of aliphatic hydroxyl groups excluding tert-OH is 2. The third-order valence-corrected chi connectivity index (χ3v) is 2.89. The zero-order valence-electron chi connectivity index (χ0n) is 8.81. The molecule has 0 spiro atoms. The second-order valence-electron chi connectivity index (χ2n) is 3.53. The average molecular weight is 279 g/mol. The summed E-state index contributed by atoms with van der Waals surface area (Å²) in [6.45, 7) is 0. The van der Waals surface area contributed by atoms with E-state index in [0.717, 1.165) is 0 Å². The molecule has 94 valence electrons. The van der Waals surface area contributed by atoms with E-state index in [1.165, 1.54) is 18.2 Å². The molecule has 2 unspecified atom stereocenters. The standard InChI is InChI=1S/C11H12Cl2O4/c12-4-3-9(14)10(15)7-5-6(11(16)17)1-2-8(7)13/h1-2,5,9-10,14-15H,3-4H2,(H,16,17). The Morgan fingerprint density at radius 2 is 2.00 bits per heavy atom. The van der Waals surface area contributed by atoms with Gasteiger partial charge in [-0.25, -0.2) is 4.79 Å². The van der Waals surface area contributed by atoms with Crippen LogP contribution in [0.3, 0.4) is 0 Å². The molecular formula is C11H12Cl2O4. The van der Waals surface area contributed by atoms with Crippen molar-refractivity contribution in [3.05, 3.63) is 34.3 Å². The van der Waals surface area contributed by atoms with E-state index in [1.807, 2.05) is 0 Å². The minimum absolute atomic E-state index is 0.00141. The summed E-state index contributed by atoms with van der Waals surface area (Å²) in [5.74, 6) is -0.934. The zero-order chi connectivity index (χ0) is 13.0. The molecule has 6 heteroatoms. The van der Waals surface area contributed by atoms with Crippen LogP contribution in [0.25, 0.3) is 0 Å². The molecule has 1 rings (SSSR count). The van der Waals surface area contributed by atoms with Gasteiger partial charge in [0.25, 0.3) is 0 Å². The summed E-state index contributed by atoms with van der Waals surface area (Å²) < 4.78 is 0. The molecule has 0 aliphatic heterocycles. The molecule has 0 saturated heterocycles. The van der Waals surface area contributed by atoms with Crippen LogP contribution < -0.4 is 0 Å². The highest BCUT2D eigenvalue weighted by molar-refractivity contribution is 6.31. The molecule has 1 aromatic carbocycles. The number of rotatable bonds is 5. The van der Waals surface area contributed by atoms with Crippen molar-refractivity contribution in [3.63, 3.8) is 0 Å². The molecule has 0 aliphatic carbocycles. The van der Waals surface area contributed by atoms with Crippen LogP contribution in [0.15, 0.2) is 18.2 Å². The highest BCUT2D eigenvalue weighted by Crippen LogP contribution is 2.27. The Balaban J connectivity index is 3.03. The van der Waals surface area contributed by atoms with Crippen molar-refractivity contribution >= 4 is 29.2 Å². The van der Waals surface area contributed by atoms with Gasteiger partial charge in [-0.1, -0.05) is 11.6 Å². The van der Waals surface area contributed by atoms with Crippen LogP contribution in [0, 0.1) is 0 Å². The Morgan fingerprint density at radius 1 is 1.35 bits per heavy atom. The summed E-state index contributed by atoms with van der Waals surface area (Å²) in [5, 5.41) is 28.4. The lowest BCUT2D eigenvalue weighted by atomic mass is 10.0. The summed E-state index contributed by atoms with van der Waals surface area (Å²) in [4.78, 5) is 10.8. The van der Waals surface area contributed by atoms with Crippen molar-refractivity contribution in [2.75, 3.05) is 5.88 Å². The SMILES string of the molecule is O=C(O)c1ccc(Cl)c(C(O)C(O)CCCl)c1. The minimum Gasteiger partial charge on any atom is -0.478 e. The fraction of sp³-hybridized carbons (Fsp3) is 0.364. The fourth-order valence-electron chi connectivity index (χ4n) is 1.38. The third kappa shape index (κ3) is 3.57. The van der Waals surface area contributed by atoms with Gasteiger partial charge >= 0.3 is 5.97 Å². The van der Waals surface area contributed by atoms with Crippen molar-refractivity contribution in [2.45, 2.75) is 18.6 Å². The molecule has 0 saturated carbocycles. The molecule has 0 amide bonds. The van der Waals surface area contributed by atoms with E-state index in [1.54, 1.807) is 0 Å². The molecule has 1 aromatic rings. The monoisotopic (exact) mass is 278 g/mol. The number of aliphatic hydroxyl groups is 2. The lowest BCUT2D eigenvalue weighted by Crippen LogP contribution is -2.19. The van der Waals surface area contributed by atoms with E-state index in [4.69, 9.17) is 28.3 Å². The summed E-state index contributed by atoms with van der Waals surface area (Å²) in [5.41, 5.74) is 0.186. The largest absolute Gasteiger partial charge is 0.478 e. The summed E-state index contributed by atoms with van der Waals surface area (Å²) in [7, 11) is 0. The highest BCUT2D eigenvalue weighted by atomic mass is 35.5. The van der Waals surface area contributed by atoms with Crippen molar-refractivity contribution in [2.24, 2.45) is 0 Å². The van der Waals surface area contributed by atoms with Gasteiger partial charge in [-0.15, -0.1) is 11.6 Å². The van der Waals surface area contributed by atoms with Crippen molar-refractivity contribution in [3.8, 4) is 0 Å². The Hall–Kier alpha value is -0.810. The van der Waals surface area contributed by atoms with Crippen LogP contribution >= 0.6 is 23.2 Å². The number of carboxylic acid groups (broad SMARTS) is 1. The van der Waals surface area contributed by atoms with Gasteiger partial charge < -0.3 is 15.3 Å². The topological polar surface area (TPSA) is 77.8 Å². The summed E-state index contributed by atoms with van der Waals surface area (Å²) in [6, 6.07) is 3.94. The van der Waals surface area contributed by atoms with E-state index in [0.29, 0.717) is 0 Å². The molecule has 0 aliphatic rings. The van der Waals surface area contributed by atoms with Gasteiger partial charge in [0.2, 0.25) is 0 Å².